The summed E-state index contributed by atoms with van der Waals surface area (Å²) in [7, 11) is -0.772. The molecule has 36 heavy (non-hydrogen) atoms. The quantitative estimate of drug-likeness (QED) is 0.201. The molecular weight excluding hydrogens is 587 g/mol. The Morgan fingerprint density at radius 3 is 2.28 bits per heavy atom. The monoisotopic (exact) mass is 630 g/mol. The zero-order chi connectivity index (χ0) is 26.9. The molecule has 1 saturated carbocycles. The van der Waals surface area contributed by atoms with Crippen molar-refractivity contribution in [2.24, 2.45) is 5.92 Å². The summed E-state index contributed by atoms with van der Waals surface area (Å²) in [6.45, 7) is 15.6. The van der Waals surface area contributed by atoms with Crippen molar-refractivity contribution in [2.75, 3.05) is 7.11 Å². The molecule has 2 aliphatic rings. The molecule has 0 saturated heterocycles. The summed E-state index contributed by atoms with van der Waals surface area (Å²) < 4.78 is 19.2. The largest absolute Gasteiger partial charge is 0.465 e. The van der Waals surface area contributed by atoms with Gasteiger partial charge in [-0.15, -0.1) is 0 Å². The van der Waals surface area contributed by atoms with Crippen LogP contribution < -0.4 is 0 Å². The second-order valence-corrected chi connectivity index (χ2v) is 18.1. The third-order valence-corrected chi connectivity index (χ3v) is 15.4. The first kappa shape index (κ1) is 29.6. The van der Waals surface area contributed by atoms with Gasteiger partial charge in [0, 0.05) is 15.6 Å². The normalized spacial score (nSPS) is 30.3. The third kappa shape index (κ3) is 5.87. The van der Waals surface area contributed by atoms with Crippen LogP contribution in [0.3, 0.4) is 0 Å². The molecule has 0 spiro atoms. The minimum Gasteiger partial charge on any atom is -0.465 e. The Labute approximate surface area is 230 Å². The van der Waals surface area contributed by atoms with Gasteiger partial charge >= 0.3 is 5.97 Å². The minimum absolute atomic E-state index is 0.0216. The van der Waals surface area contributed by atoms with Crippen LogP contribution >= 0.6 is 22.6 Å². The SMILES string of the molecule is COC(=O)c1cc2oc1[C@H]1C[C@H](O[Si](C(C)C)(C(C)C)C(C)C)[C@@H]1C[C@@H](O)/C(I)=C/[C@@H](O)C/C(C)=C/2. The van der Waals surface area contributed by atoms with Gasteiger partial charge < -0.3 is 23.8 Å². The maximum Gasteiger partial charge on any atom is 0.341 e. The van der Waals surface area contributed by atoms with E-state index < -0.39 is 26.5 Å². The number of methoxy groups -OCH3 is 1. The van der Waals surface area contributed by atoms with E-state index in [2.05, 4.69) is 64.1 Å². The van der Waals surface area contributed by atoms with Crippen LogP contribution in [0.1, 0.15) is 95.5 Å². The molecule has 0 unspecified atom stereocenters. The molecule has 1 aromatic heterocycles. The van der Waals surface area contributed by atoms with Gasteiger partial charge in [0.2, 0.25) is 8.32 Å². The highest BCUT2D eigenvalue weighted by Crippen LogP contribution is 2.53. The van der Waals surface area contributed by atoms with Gasteiger partial charge in [-0.2, -0.15) is 0 Å². The minimum atomic E-state index is -2.15. The number of furan rings is 1. The Morgan fingerprint density at radius 1 is 1.11 bits per heavy atom. The molecule has 3 rings (SSSR count). The van der Waals surface area contributed by atoms with Crippen molar-refractivity contribution in [1.82, 2.24) is 0 Å². The molecule has 2 bridgehead atoms. The van der Waals surface area contributed by atoms with Crippen LogP contribution in [-0.2, 0) is 9.16 Å². The lowest BCUT2D eigenvalue weighted by molar-refractivity contribution is -0.0200. The van der Waals surface area contributed by atoms with Crippen LogP contribution in [0.5, 0.6) is 0 Å². The van der Waals surface area contributed by atoms with Gasteiger partial charge in [-0.3, -0.25) is 0 Å². The topological polar surface area (TPSA) is 89.1 Å². The van der Waals surface area contributed by atoms with E-state index in [1.165, 1.54) is 7.11 Å². The predicted molar refractivity (Wildman–Crippen MR) is 154 cm³/mol. The van der Waals surface area contributed by atoms with Crippen molar-refractivity contribution in [2.45, 2.75) is 109 Å². The zero-order valence-corrected chi connectivity index (χ0v) is 26.0. The van der Waals surface area contributed by atoms with Gasteiger partial charge in [-0.1, -0.05) is 47.1 Å². The van der Waals surface area contributed by atoms with Gasteiger partial charge in [0.1, 0.15) is 17.1 Å². The maximum absolute atomic E-state index is 12.7. The van der Waals surface area contributed by atoms with E-state index in [1.54, 1.807) is 12.1 Å². The van der Waals surface area contributed by atoms with Crippen molar-refractivity contribution in [3.8, 4) is 0 Å². The molecule has 1 fully saturated rings. The van der Waals surface area contributed by atoms with E-state index in [0.29, 0.717) is 46.5 Å². The lowest BCUT2D eigenvalue weighted by Gasteiger charge is -2.52. The first-order valence-corrected chi connectivity index (χ1v) is 16.3. The summed E-state index contributed by atoms with van der Waals surface area (Å²) in [4.78, 5) is 12.7. The number of fused-ring (bicyclic) bond motifs is 4. The molecule has 5 atom stereocenters. The molecule has 0 radical (unpaired) electrons. The van der Waals surface area contributed by atoms with Gasteiger partial charge in [-0.25, -0.2) is 4.79 Å². The molecule has 1 aromatic rings. The fourth-order valence-electron chi connectivity index (χ4n) is 6.48. The first-order valence-electron chi connectivity index (χ1n) is 13.1. The fraction of sp³-hybridized carbons (Fsp3) is 0.679. The number of halogens is 1. The van der Waals surface area contributed by atoms with E-state index in [1.807, 2.05) is 13.0 Å². The summed E-state index contributed by atoms with van der Waals surface area (Å²) in [5.74, 6) is 0.683. The van der Waals surface area contributed by atoms with Gasteiger partial charge in [0.25, 0.3) is 0 Å². The summed E-state index contributed by atoms with van der Waals surface area (Å²) in [6.07, 6.45) is 3.75. The van der Waals surface area contributed by atoms with Crippen LogP contribution in [0.15, 0.2) is 25.7 Å². The number of hydrogen-bond acceptors (Lipinski definition) is 6. The highest BCUT2D eigenvalue weighted by molar-refractivity contribution is 14.1. The number of esters is 1. The van der Waals surface area contributed by atoms with Gasteiger partial charge in [0.05, 0.1) is 19.3 Å². The number of carbonyl (C=O) groups is 1. The van der Waals surface area contributed by atoms with E-state index in [4.69, 9.17) is 13.6 Å². The Kier molecular flexibility index (Phi) is 9.74. The second-order valence-electron chi connectivity index (χ2n) is 11.5. The van der Waals surface area contributed by atoms with E-state index in [9.17, 15) is 15.0 Å². The molecule has 0 aromatic carbocycles. The standard InChI is InChI=1S/C28H43IO6Si/c1-15(2)36(16(3)4,17(5)6)35-26-14-22-21(26)13-25(31)24(29)11-19(30)9-18(7)10-20-12-23(27(22)34-20)28(32)33-8/h10-12,15-17,19,21-22,25-26,30-31H,9,13-14H2,1-8H3/b18-10+,24-11-/t19-,21+,22-,25+,26-/m0/s1. The smallest absolute Gasteiger partial charge is 0.341 e. The lowest BCUT2D eigenvalue weighted by Crippen LogP contribution is -2.55. The summed E-state index contributed by atoms with van der Waals surface area (Å²) in [5.41, 5.74) is 2.69. The zero-order valence-electron chi connectivity index (χ0n) is 22.9. The number of aliphatic hydroxyl groups is 2. The summed E-state index contributed by atoms with van der Waals surface area (Å²) in [6, 6.07) is 1.74. The van der Waals surface area contributed by atoms with Crippen molar-refractivity contribution >= 4 is 43.0 Å². The Morgan fingerprint density at radius 2 is 1.72 bits per heavy atom. The van der Waals surface area contributed by atoms with E-state index in [0.717, 1.165) is 15.6 Å². The highest BCUT2D eigenvalue weighted by atomic mass is 127. The number of aliphatic hydroxyl groups excluding tert-OH is 2. The van der Waals surface area contributed by atoms with Gasteiger partial charge in [-0.05, 0) is 89.5 Å². The summed E-state index contributed by atoms with van der Waals surface area (Å²) >= 11 is 2.13. The Balaban J connectivity index is 2.08. The number of rotatable bonds is 6. The van der Waals surface area contributed by atoms with Crippen molar-refractivity contribution < 1.29 is 28.6 Å². The number of carbonyl (C=O) groups excluding carboxylic acids is 1. The van der Waals surface area contributed by atoms with Crippen LogP contribution in [0.4, 0.5) is 0 Å². The Hall–Kier alpha value is -0.943. The number of hydrogen-bond donors (Lipinski definition) is 2. The van der Waals surface area contributed by atoms with Gasteiger partial charge in [0.15, 0.2) is 0 Å². The molecule has 2 N–H and O–H groups in total. The highest BCUT2D eigenvalue weighted by Gasteiger charge is 2.53. The fourth-order valence-corrected chi connectivity index (χ4v) is 12.8. The lowest BCUT2D eigenvalue weighted by atomic mass is 9.66. The molecule has 0 amide bonds. The molecule has 2 heterocycles. The predicted octanol–water partition coefficient (Wildman–Crippen LogP) is 6.97. The second kappa shape index (κ2) is 11.8. The first-order chi connectivity index (χ1) is 16.8. The Bertz CT molecular complexity index is 972. The maximum atomic E-state index is 12.7. The van der Waals surface area contributed by atoms with E-state index >= 15 is 0 Å². The molecule has 6 nitrogen and oxygen atoms in total. The van der Waals surface area contributed by atoms with Crippen LogP contribution in [-0.4, -0.2) is 49.9 Å². The van der Waals surface area contributed by atoms with Crippen LogP contribution in [0.25, 0.3) is 6.08 Å². The van der Waals surface area contributed by atoms with Crippen molar-refractivity contribution in [3.05, 3.63) is 38.4 Å². The molecule has 1 aliphatic heterocycles. The molecule has 202 valence electrons. The summed E-state index contributed by atoms with van der Waals surface area (Å²) in [5, 5.41) is 21.8. The molecule has 1 aliphatic carbocycles. The van der Waals surface area contributed by atoms with Crippen LogP contribution in [0, 0.1) is 5.92 Å². The van der Waals surface area contributed by atoms with E-state index in [-0.39, 0.29) is 17.9 Å². The van der Waals surface area contributed by atoms with Crippen molar-refractivity contribution in [3.63, 3.8) is 0 Å². The third-order valence-electron chi connectivity index (χ3n) is 8.15. The average Bonchev–Trinajstić information content (AvgIpc) is 3.17. The average molecular weight is 631 g/mol. The molecular formula is C28H43IO6Si. The van der Waals surface area contributed by atoms with Crippen molar-refractivity contribution in [1.29, 1.82) is 0 Å². The molecule has 8 heteroatoms. The number of ether oxygens (including phenoxy) is 1. The van der Waals surface area contributed by atoms with Crippen LogP contribution in [0.2, 0.25) is 16.6 Å².